The van der Waals surface area contributed by atoms with Crippen LogP contribution in [0.3, 0.4) is 0 Å². The van der Waals surface area contributed by atoms with Crippen LogP contribution in [0.25, 0.3) is 5.52 Å². The second-order valence-corrected chi connectivity index (χ2v) is 9.00. The molecule has 0 bridgehead atoms. The number of pyridine rings is 1. The van der Waals surface area contributed by atoms with E-state index in [-0.39, 0.29) is 23.8 Å². The third-order valence-corrected chi connectivity index (χ3v) is 6.80. The average molecular weight is 446 g/mol. The van der Waals surface area contributed by atoms with E-state index in [4.69, 9.17) is 0 Å². The van der Waals surface area contributed by atoms with Crippen molar-refractivity contribution in [2.75, 3.05) is 13.1 Å². The molecule has 1 saturated heterocycles. The standard InChI is InChI=1S/C24H23N5O2S/c1-16-4-2-5-17(10-16)18-7-9-28(13-20(18)27-23(30)22-12-26-15-32-22)24(31)19-6-3-8-29-14-25-11-21(19)29/h2-6,8,10-12,14-15,18,20H,7,9,13H2,1H3,(H,27,30)/t18-,20?/m0/s1. The number of imidazole rings is 1. The van der Waals surface area contributed by atoms with Gasteiger partial charge in [0.25, 0.3) is 11.8 Å². The summed E-state index contributed by atoms with van der Waals surface area (Å²) < 4.78 is 1.84. The summed E-state index contributed by atoms with van der Waals surface area (Å²) in [7, 11) is 0. The number of hydrogen-bond acceptors (Lipinski definition) is 5. The molecule has 4 aromatic rings. The molecular weight excluding hydrogens is 422 g/mol. The van der Waals surface area contributed by atoms with Crippen molar-refractivity contribution in [3.05, 3.63) is 88.4 Å². The number of carbonyl (C=O) groups is 2. The summed E-state index contributed by atoms with van der Waals surface area (Å²) in [5.41, 5.74) is 5.41. The van der Waals surface area contributed by atoms with Gasteiger partial charge in [-0.3, -0.25) is 14.6 Å². The van der Waals surface area contributed by atoms with Gasteiger partial charge in [-0.2, -0.15) is 0 Å². The highest BCUT2D eigenvalue weighted by molar-refractivity contribution is 7.11. The average Bonchev–Trinajstić information content (AvgIpc) is 3.50. The monoisotopic (exact) mass is 445 g/mol. The maximum absolute atomic E-state index is 13.4. The minimum atomic E-state index is -0.200. The Hall–Kier alpha value is -3.52. The van der Waals surface area contributed by atoms with Crippen LogP contribution in [0.1, 0.15) is 43.5 Å². The largest absolute Gasteiger partial charge is 0.346 e. The second kappa shape index (κ2) is 8.55. The van der Waals surface area contributed by atoms with E-state index in [9.17, 15) is 9.59 Å². The van der Waals surface area contributed by atoms with Crippen molar-refractivity contribution in [1.29, 1.82) is 0 Å². The van der Waals surface area contributed by atoms with Crippen LogP contribution in [0.4, 0.5) is 0 Å². The number of aryl methyl sites for hydroxylation is 1. The van der Waals surface area contributed by atoms with Crippen molar-refractivity contribution in [2.24, 2.45) is 0 Å². The minimum absolute atomic E-state index is 0.0455. The summed E-state index contributed by atoms with van der Waals surface area (Å²) in [6.45, 7) is 3.13. The minimum Gasteiger partial charge on any atom is -0.346 e. The van der Waals surface area contributed by atoms with Crippen LogP contribution < -0.4 is 5.32 Å². The van der Waals surface area contributed by atoms with E-state index in [0.717, 1.165) is 11.9 Å². The molecule has 4 heterocycles. The zero-order valence-electron chi connectivity index (χ0n) is 17.6. The molecule has 5 rings (SSSR count). The van der Waals surface area contributed by atoms with Crippen molar-refractivity contribution in [2.45, 2.75) is 25.3 Å². The number of piperidine rings is 1. The number of nitrogens with zero attached hydrogens (tertiary/aromatic N) is 4. The Balaban J connectivity index is 1.43. The van der Waals surface area contributed by atoms with E-state index in [1.807, 2.05) is 33.7 Å². The molecule has 1 aliphatic heterocycles. The highest BCUT2D eigenvalue weighted by Gasteiger charge is 2.34. The van der Waals surface area contributed by atoms with Gasteiger partial charge in [-0.25, -0.2) is 4.98 Å². The van der Waals surface area contributed by atoms with Crippen LogP contribution in [0, 0.1) is 6.92 Å². The molecule has 3 aromatic heterocycles. The molecule has 0 aliphatic carbocycles. The highest BCUT2D eigenvalue weighted by Crippen LogP contribution is 2.30. The third kappa shape index (κ3) is 3.89. The van der Waals surface area contributed by atoms with Gasteiger partial charge in [0, 0.05) is 25.2 Å². The van der Waals surface area contributed by atoms with Crippen molar-refractivity contribution < 1.29 is 9.59 Å². The van der Waals surface area contributed by atoms with Gasteiger partial charge >= 0.3 is 0 Å². The van der Waals surface area contributed by atoms with Gasteiger partial charge in [0.1, 0.15) is 4.88 Å². The number of hydrogen-bond donors (Lipinski definition) is 1. The smallest absolute Gasteiger partial charge is 0.263 e. The predicted octanol–water partition coefficient (Wildman–Crippen LogP) is 3.53. The van der Waals surface area contributed by atoms with Crippen LogP contribution in [0.15, 0.2) is 66.8 Å². The summed E-state index contributed by atoms with van der Waals surface area (Å²) in [5, 5.41) is 3.18. The number of aromatic nitrogens is 3. The number of likely N-dealkylation sites (tertiary alicyclic amines) is 1. The fourth-order valence-electron chi connectivity index (χ4n) is 4.45. The molecule has 7 nitrogen and oxygen atoms in total. The Kier molecular flexibility index (Phi) is 5.45. The van der Waals surface area contributed by atoms with E-state index >= 15 is 0 Å². The number of rotatable bonds is 4. The first-order valence-electron chi connectivity index (χ1n) is 10.6. The Morgan fingerprint density at radius 3 is 2.88 bits per heavy atom. The van der Waals surface area contributed by atoms with Crippen molar-refractivity contribution >= 4 is 28.7 Å². The Bertz CT molecular complexity index is 1270. The number of benzene rings is 1. The summed E-state index contributed by atoms with van der Waals surface area (Å²) in [6.07, 6.45) is 7.62. The summed E-state index contributed by atoms with van der Waals surface area (Å²) in [5.74, 6) is -0.0697. The molecule has 0 radical (unpaired) electrons. The van der Waals surface area contributed by atoms with Crippen molar-refractivity contribution in [3.63, 3.8) is 0 Å². The maximum atomic E-state index is 13.4. The molecule has 1 fully saturated rings. The molecule has 0 saturated carbocycles. The summed E-state index contributed by atoms with van der Waals surface area (Å²) in [4.78, 5) is 36.9. The van der Waals surface area contributed by atoms with Crippen LogP contribution in [0.5, 0.6) is 0 Å². The van der Waals surface area contributed by atoms with Gasteiger partial charge in [0.15, 0.2) is 0 Å². The van der Waals surface area contributed by atoms with Crippen LogP contribution in [0.2, 0.25) is 0 Å². The van der Waals surface area contributed by atoms with E-state index < -0.39 is 0 Å². The molecule has 1 aromatic carbocycles. The first kappa shape index (κ1) is 20.4. The fourth-order valence-corrected chi connectivity index (χ4v) is 4.97. The molecule has 1 N–H and O–H groups in total. The second-order valence-electron chi connectivity index (χ2n) is 8.11. The Morgan fingerprint density at radius 2 is 2.06 bits per heavy atom. The molecule has 1 aliphatic rings. The summed E-state index contributed by atoms with van der Waals surface area (Å²) >= 11 is 1.31. The van der Waals surface area contributed by atoms with Gasteiger partial charge in [-0.15, -0.1) is 11.3 Å². The Morgan fingerprint density at radius 1 is 1.16 bits per heavy atom. The van der Waals surface area contributed by atoms with E-state index in [2.05, 4.69) is 40.4 Å². The van der Waals surface area contributed by atoms with Crippen molar-refractivity contribution in [3.8, 4) is 0 Å². The molecule has 0 spiro atoms. The predicted molar refractivity (Wildman–Crippen MR) is 123 cm³/mol. The lowest BCUT2D eigenvalue weighted by Crippen LogP contribution is -2.53. The number of nitrogens with one attached hydrogen (secondary N) is 1. The lowest BCUT2D eigenvalue weighted by Gasteiger charge is -2.39. The van der Waals surface area contributed by atoms with Gasteiger partial charge in [-0.05, 0) is 31.0 Å². The quantitative estimate of drug-likeness (QED) is 0.521. The topological polar surface area (TPSA) is 79.6 Å². The van der Waals surface area contributed by atoms with Crippen LogP contribution >= 0.6 is 11.3 Å². The first-order valence-corrected chi connectivity index (χ1v) is 11.4. The van der Waals surface area contributed by atoms with Crippen LogP contribution in [-0.4, -0.2) is 50.2 Å². The maximum Gasteiger partial charge on any atom is 0.263 e. The third-order valence-electron chi connectivity index (χ3n) is 6.02. The molecule has 2 atom stereocenters. The van der Waals surface area contributed by atoms with E-state index in [1.54, 1.807) is 24.2 Å². The van der Waals surface area contributed by atoms with Gasteiger partial charge in [0.05, 0.1) is 41.4 Å². The molecule has 2 amide bonds. The number of thiazole rings is 1. The zero-order chi connectivity index (χ0) is 22.1. The Labute approximate surface area is 189 Å². The lowest BCUT2D eigenvalue weighted by atomic mass is 9.84. The summed E-state index contributed by atoms with van der Waals surface area (Å²) in [6, 6.07) is 11.9. The number of amides is 2. The van der Waals surface area contributed by atoms with Gasteiger partial charge < -0.3 is 14.6 Å². The van der Waals surface area contributed by atoms with Gasteiger partial charge in [0.2, 0.25) is 0 Å². The van der Waals surface area contributed by atoms with E-state index in [0.29, 0.717) is 23.5 Å². The number of carbonyl (C=O) groups excluding carboxylic acids is 2. The zero-order valence-corrected chi connectivity index (χ0v) is 18.5. The van der Waals surface area contributed by atoms with Crippen molar-refractivity contribution in [1.82, 2.24) is 24.6 Å². The molecular formula is C24H23N5O2S. The van der Waals surface area contributed by atoms with E-state index in [1.165, 1.54) is 22.5 Å². The molecule has 162 valence electrons. The molecule has 32 heavy (non-hydrogen) atoms. The lowest BCUT2D eigenvalue weighted by molar-refractivity contribution is 0.0657. The van der Waals surface area contributed by atoms with Crippen LogP contribution in [-0.2, 0) is 0 Å². The highest BCUT2D eigenvalue weighted by atomic mass is 32.1. The van der Waals surface area contributed by atoms with Gasteiger partial charge in [-0.1, -0.05) is 29.8 Å². The first-order chi connectivity index (χ1) is 15.6. The normalized spacial score (nSPS) is 18.6. The fraction of sp³-hybridized carbons (Fsp3) is 0.250. The molecule has 1 unspecified atom stereocenters. The SMILES string of the molecule is Cc1cccc([C@@H]2CCN(C(=O)c3cccn4cncc34)CC2NC(=O)c2cncs2)c1. The number of fused-ring (bicyclic) bond motifs is 1. The molecule has 8 heteroatoms.